The first-order valence-electron chi connectivity index (χ1n) is 3.54. The number of fused-ring (bicyclic) bond motifs is 1. The smallest absolute Gasteiger partial charge is 0.417 e. The van der Waals surface area contributed by atoms with Gasteiger partial charge in [0.2, 0.25) is 0 Å². The molecule has 2 rings (SSSR count). The molecule has 2 aromatic rings. The van der Waals surface area contributed by atoms with Crippen molar-refractivity contribution in [1.29, 1.82) is 0 Å². The molecule has 0 radical (unpaired) electrons. The van der Waals surface area contributed by atoms with Crippen LogP contribution in [-0.4, -0.2) is 15.8 Å². The van der Waals surface area contributed by atoms with Gasteiger partial charge >= 0.3 is 6.09 Å². The largest absolute Gasteiger partial charge is 0.464 e. The first-order chi connectivity index (χ1) is 6.20. The highest BCUT2D eigenvalue weighted by atomic mass is 32.1. The highest BCUT2D eigenvalue weighted by Gasteiger charge is 2.08. The maximum atomic E-state index is 10.8. The molecular weight excluding hydrogens is 206 g/mol. The van der Waals surface area contributed by atoms with Crippen LogP contribution in [0.5, 0.6) is 0 Å². The molecule has 5 heteroatoms. The summed E-state index contributed by atoms with van der Waals surface area (Å²) in [6.45, 7) is 0. The molecule has 0 aliphatic carbocycles. The number of hydrogen-bond acceptors (Lipinski definition) is 3. The summed E-state index contributed by atoms with van der Waals surface area (Å²) >= 11 is 6.23. The number of nitrogens with zero attached hydrogens (tertiary/aromatic N) is 1. The summed E-state index contributed by atoms with van der Waals surface area (Å²) < 4.78 is 2.39. The third-order valence-electron chi connectivity index (χ3n) is 1.68. The van der Waals surface area contributed by atoms with E-state index in [2.05, 4.69) is 0 Å². The van der Waals surface area contributed by atoms with E-state index < -0.39 is 6.09 Å². The van der Waals surface area contributed by atoms with E-state index >= 15 is 0 Å². The fourth-order valence-electron chi connectivity index (χ4n) is 1.15. The second kappa shape index (κ2) is 2.93. The number of aromatic nitrogens is 1. The monoisotopic (exact) mass is 211 g/mol. The number of benzene rings is 1. The van der Waals surface area contributed by atoms with Gasteiger partial charge in [-0.3, -0.25) is 0 Å². The summed E-state index contributed by atoms with van der Waals surface area (Å²) in [5.74, 6) is 0. The van der Waals surface area contributed by atoms with Crippen LogP contribution in [0, 0.1) is 3.95 Å². The van der Waals surface area contributed by atoms with Gasteiger partial charge in [0.25, 0.3) is 0 Å². The van der Waals surface area contributed by atoms with Crippen molar-refractivity contribution < 1.29 is 9.90 Å². The lowest BCUT2D eigenvalue weighted by atomic mass is 10.3. The van der Waals surface area contributed by atoms with Crippen molar-refractivity contribution >= 4 is 39.9 Å². The van der Waals surface area contributed by atoms with E-state index in [-0.39, 0.29) is 0 Å². The Morgan fingerprint density at radius 3 is 2.85 bits per heavy atom. The summed E-state index contributed by atoms with van der Waals surface area (Å²) in [5, 5.41) is 8.86. The maximum absolute atomic E-state index is 10.8. The minimum atomic E-state index is -1.03. The molecule has 0 atom stereocenters. The van der Waals surface area contributed by atoms with E-state index in [1.165, 1.54) is 11.3 Å². The molecule has 1 aromatic carbocycles. The van der Waals surface area contributed by atoms with Crippen LogP contribution < -0.4 is 0 Å². The zero-order valence-electron chi connectivity index (χ0n) is 6.43. The molecule has 1 aromatic heterocycles. The Morgan fingerprint density at radius 2 is 2.15 bits per heavy atom. The fourth-order valence-corrected chi connectivity index (χ4v) is 2.46. The zero-order valence-corrected chi connectivity index (χ0v) is 8.06. The van der Waals surface area contributed by atoms with Crippen LogP contribution in [0.2, 0.25) is 0 Å². The first kappa shape index (κ1) is 8.40. The molecule has 1 N–H and O–H groups in total. The normalized spacial score (nSPS) is 10.5. The number of carboxylic acid groups (broad SMARTS) is 1. The third kappa shape index (κ3) is 1.26. The van der Waals surface area contributed by atoms with Gasteiger partial charge in [-0.2, -0.15) is 0 Å². The lowest BCUT2D eigenvalue weighted by Crippen LogP contribution is -2.06. The minimum Gasteiger partial charge on any atom is -0.464 e. The summed E-state index contributed by atoms with van der Waals surface area (Å²) in [5.41, 5.74) is 0.657. The Hall–Kier alpha value is -1.20. The molecule has 0 spiro atoms. The van der Waals surface area contributed by atoms with Gasteiger partial charge in [0.15, 0.2) is 3.95 Å². The number of hydrogen-bond donors (Lipinski definition) is 1. The summed E-state index contributed by atoms with van der Waals surface area (Å²) in [6, 6.07) is 7.26. The second-order valence-electron chi connectivity index (χ2n) is 2.45. The quantitative estimate of drug-likeness (QED) is 0.681. The minimum absolute atomic E-state index is 0.369. The van der Waals surface area contributed by atoms with E-state index in [0.717, 1.165) is 9.27 Å². The predicted molar refractivity (Wildman–Crippen MR) is 54.1 cm³/mol. The Bertz CT molecular complexity index is 526. The van der Waals surface area contributed by atoms with Gasteiger partial charge in [-0.1, -0.05) is 12.1 Å². The molecule has 66 valence electrons. The van der Waals surface area contributed by atoms with Crippen LogP contribution in [0.4, 0.5) is 4.79 Å². The topological polar surface area (TPSA) is 42.2 Å². The van der Waals surface area contributed by atoms with Crippen molar-refractivity contribution in [2.24, 2.45) is 0 Å². The number of rotatable bonds is 0. The predicted octanol–water partition coefficient (Wildman–Crippen LogP) is 2.96. The maximum Gasteiger partial charge on any atom is 0.417 e. The molecule has 0 saturated heterocycles. The molecule has 0 unspecified atom stereocenters. The molecule has 0 bridgehead atoms. The highest BCUT2D eigenvalue weighted by Crippen LogP contribution is 2.22. The summed E-state index contributed by atoms with van der Waals surface area (Å²) in [7, 11) is 0. The fraction of sp³-hybridized carbons (Fsp3) is 0. The van der Waals surface area contributed by atoms with Gasteiger partial charge in [-0.25, -0.2) is 9.36 Å². The Morgan fingerprint density at radius 1 is 1.46 bits per heavy atom. The Kier molecular flexibility index (Phi) is 1.90. The van der Waals surface area contributed by atoms with Gasteiger partial charge in [-0.15, -0.1) is 11.3 Å². The Labute approximate surface area is 82.9 Å². The molecule has 3 nitrogen and oxygen atoms in total. The van der Waals surface area contributed by atoms with Crippen LogP contribution in [0.15, 0.2) is 24.3 Å². The van der Waals surface area contributed by atoms with Gasteiger partial charge in [0, 0.05) is 0 Å². The van der Waals surface area contributed by atoms with E-state index in [9.17, 15) is 4.79 Å². The van der Waals surface area contributed by atoms with Crippen LogP contribution >= 0.6 is 23.6 Å². The number of para-hydroxylation sites is 1. The van der Waals surface area contributed by atoms with E-state index in [0.29, 0.717) is 9.47 Å². The van der Waals surface area contributed by atoms with Crippen LogP contribution in [0.1, 0.15) is 0 Å². The average molecular weight is 211 g/mol. The van der Waals surface area contributed by atoms with E-state index in [1.54, 1.807) is 12.1 Å². The number of thiazole rings is 1. The molecular formula is C8H5NO2S2. The highest BCUT2D eigenvalue weighted by molar-refractivity contribution is 7.73. The van der Waals surface area contributed by atoms with E-state index in [1.807, 2.05) is 12.1 Å². The molecule has 0 saturated carbocycles. The second-order valence-corrected chi connectivity index (χ2v) is 4.13. The van der Waals surface area contributed by atoms with Crippen molar-refractivity contribution in [3.8, 4) is 0 Å². The molecule has 0 aliphatic heterocycles. The van der Waals surface area contributed by atoms with Crippen LogP contribution in [0.3, 0.4) is 0 Å². The molecule has 1 heterocycles. The van der Waals surface area contributed by atoms with Crippen LogP contribution in [0.25, 0.3) is 10.2 Å². The Balaban J connectivity index is 2.95. The molecule has 0 aliphatic rings. The molecule has 0 fully saturated rings. The first-order valence-corrected chi connectivity index (χ1v) is 4.76. The summed E-state index contributed by atoms with van der Waals surface area (Å²) in [6.07, 6.45) is -1.03. The SMILES string of the molecule is O=C(O)n1c(=S)sc2ccccc21. The van der Waals surface area contributed by atoms with Gasteiger partial charge < -0.3 is 5.11 Å². The van der Waals surface area contributed by atoms with Crippen molar-refractivity contribution in [2.75, 3.05) is 0 Å². The van der Waals surface area contributed by atoms with Crippen molar-refractivity contribution in [3.63, 3.8) is 0 Å². The van der Waals surface area contributed by atoms with Gasteiger partial charge in [0.05, 0.1) is 10.2 Å². The van der Waals surface area contributed by atoms with Gasteiger partial charge in [0.1, 0.15) is 0 Å². The standard InChI is InChI=1S/C8H5NO2S2/c10-7(11)9-5-3-1-2-4-6(5)13-8(9)12/h1-4H,(H,10,11). The van der Waals surface area contributed by atoms with Crippen molar-refractivity contribution in [3.05, 3.63) is 28.2 Å². The zero-order chi connectivity index (χ0) is 9.42. The lowest BCUT2D eigenvalue weighted by molar-refractivity contribution is 0.197. The van der Waals surface area contributed by atoms with Crippen LogP contribution in [-0.2, 0) is 0 Å². The lowest BCUT2D eigenvalue weighted by Gasteiger charge is -1.94. The molecule has 13 heavy (non-hydrogen) atoms. The third-order valence-corrected chi connectivity index (χ3v) is 3.03. The summed E-state index contributed by atoms with van der Waals surface area (Å²) in [4.78, 5) is 10.8. The van der Waals surface area contributed by atoms with Crippen molar-refractivity contribution in [1.82, 2.24) is 4.57 Å². The van der Waals surface area contributed by atoms with Gasteiger partial charge in [-0.05, 0) is 24.4 Å². The molecule has 0 amide bonds. The number of carbonyl (C=O) groups is 1. The van der Waals surface area contributed by atoms with Crippen molar-refractivity contribution in [2.45, 2.75) is 0 Å². The average Bonchev–Trinajstić information content (AvgIpc) is 2.39. The van der Waals surface area contributed by atoms with E-state index in [4.69, 9.17) is 17.3 Å².